The van der Waals surface area contributed by atoms with Crippen molar-refractivity contribution in [1.82, 2.24) is 9.97 Å². The van der Waals surface area contributed by atoms with Crippen molar-refractivity contribution in [1.29, 1.82) is 0 Å². The topological polar surface area (TPSA) is 55.0 Å². The van der Waals surface area contributed by atoms with Gasteiger partial charge in [-0.2, -0.15) is 0 Å². The fourth-order valence-corrected chi connectivity index (χ4v) is 2.23. The third-order valence-corrected chi connectivity index (χ3v) is 2.90. The predicted molar refractivity (Wildman–Crippen MR) is 60.9 cm³/mol. The van der Waals surface area contributed by atoms with E-state index in [9.17, 15) is 0 Å². The van der Waals surface area contributed by atoms with E-state index in [0.717, 1.165) is 23.9 Å². The van der Waals surface area contributed by atoms with E-state index in [1.165, 1.54) is 12.8 Å². The van der Waals surface area contributed by atoms with Crippen molar-refractivity contribution >= 4 is 5.82 Å². The summed E-state index contributed by atoms with van der Waals surface area (Å²) in [5, 5.41) is 0. The molecule has 0 aromatic carbocycles. The van der Waals surface area contributed by atoms with Gasteiger partial charge in [0.05, 0.1) is 0 Å². The molecule has 1 atom stereocenters. The van der Waals surface area contributed by atoms with Crippen LogP contribution in [0.3, 0.4) is 0 Å². The molecule has 1 saturated heterocycles. The van der Waals surface area contributed by atoms with Crippen molar-refractivity contribution in [2.45, 2.75) is 32.7 Å². The maximum absolute atomic E-state index is 5.75. The zero-order chi connectivity index (χ0) is 10.8. The molecule has 82 valence electrons. The van der Waals surface area contributed by atoms with Crippen LogP contribution in [0.1, 0.15) is 24.4 Å². The van der Waals surface area contributed by atoms with Crippen molar-refractivity contribution in [3.8, 4) is 0 Å². The molecule has 2 rings (SSSR count). The summed E-state index contributed by atoms with van der Waals surface area (Å²) < 4.78 is 0. The number of nitrogens with zero attached hydrogens (tertiary/aromatic N) is 3. The van der Waals surface area contributed by atoms with Gasteiger partial charge in [0.2, 0.25) is 0 Å². The van der Waals surface area contributed by atoms with Gasteiger partial charge in [-0.15, -0.1) is 0 Å². The molecule has 1 aliphatic rings. The number of nitrogens with two attached hydrogens (primary N) is 1. The zero-order valence-electron chi connectivity index (χ0n) is 9.40. The highest BCUT2D eigenvalue weighted by molar-refractivity contribution is 5.42. The average Bonchev–Trinajstić information content (AvgIpc) is 2.63. The molecule has 0 amide bonds. The van der Waals surface area contributed by atoms with Crippen LogP contribution in [-0.2, 0) is 0 Å². The van der Waals surface area contributed by atoms with E-state index >= 15 is 0 Å². The zero-order valence-corrected chi connectivity index (χ0v) is 9.40. The molecule has 15 heavy (non-hydrogen) atoms. The summed E-state index contributed by atoms with van der Waals surface area (Å²) in [5.74, 6) is 1.88. The lowest BCUT2D eigenvalue weighted by Gasteiger charge is -2.24. The summed E-state index contributed by atoms with van der Waals surface area (Å²) >= 11 is 0. The number of rotatable bonds is 2. The first-order valence-electron chi connectivity index (χ1n) is 5.49. The fourth-order valence-electron chi connectivity index (χ4n) is 2.23. The van der Waals surface area contributed by atoms with Crippen LogP contribution in [0.2, 0.25) is 0 Å². The number of hydrogen-bond donors (Lipinski definition) is 1. The summed E-state index contributed by atoms with van der Waals surface area (Å²) in [6.45, 7) is 5.72. The number of hydrogen-bond acceptors (Lipinski definition) is 4. The first kappa shape index (κ1) is 10.4. The van der Waals surface area contributed by atoms with Crippen LogP contribution in [0.4, 0.5) is 5.82 Å². The van der Waals surface area contributed by atoms with Crippen molar-refractivity contribution in [3.05, 3.63) is 17.6 Å². The Labute approximate surface area is 90.5 Å². The summed E-state index contributed by atoms with van der Waals surface area (Å²) in [4.78, 5) is 11.1. The van der Waals surface area contributed by atoms with Gasteiger partial charge in [0.25, 0.3) is 0 Å². The second kappa shape index (κ2) is 4.14. The van der Waals surface area contributed by atoms with Gasteiger partial charge in [0.1, 0.15) is 11.6 Å². The minimum absolute atomic E-state index is 0.457. The molecule has 1 aliphatic heterocycles. The Kier molecular flexibility index (Phi) is 2.86. The molecule has 2 N–H and O–H groups in total. The largest absolute Gasteiger partial charge is 0.352 e. The molecule has 2 heterocycles. The summed E-state index contributed by atoms with van der Waals surface area (Å²) in [5.41, 5.74) is 6.78. The van der Waals surface area contributed by atoms with Gasteiger partial charge in [0.15, 0.2) is 0 Å². The summed E-state index contributed by atoms with van der Waals surface area (Å²) in [6, 6.07) is 2.50. The highest BCUT2D eigenvalue weighted by Crippen LogP contribution is 2.23. The van der Waals surface area contributed by atoms with Crippen molar-refractivity contribution < 1.29 is 0 Å². The lowest BCUT2D eigenvalue weighted by Crippen LogP contribution is -2.36. The molecular formula is C11H18N4. The van der Waals surface area contributed by atoms with Gasteiger partial charge in [-0.1, -0.05) is 0 Å². The first-order chi connectivity index (χ1) is 7.20. The monoisotopic (exact) mass is 206 g/mol. The molecule has 0 aliphatic carbocycles. The second-order valence-electron chi connectivity index (χ2n) is 4.14. The van der Waals surface area contributed by atoms with E-state index in [2.05, 4.69) is 14.9 Å². The quantitative estimate of drug-likeness (QED) is 0.785. The lowest BCUT2D eigenvalue weighted by molar-refractivity contribution is 0.669. The Hall–Kier alpha value is -1.16. The van der Waals surface area contributed by atoms with Gasteiger partial charge >= 0.3 is 0 Å². The molecule has 1 aromatic rings. The fraction of sp³-hybridized carbons (Fsp3) is 0.636. The number of anilines is 1. The van der Waals surface area contributed by atoms with Gasteiger partial charge in [-0.05, 0) is 26.7 Å². The highest BCUT2D eigenvalue weighted by Gasteiger charge is 2.24. The summed E-state index contributed by atoms with van der Waals surface area (Å²) in [6.07, 6.45) is 2.39. The molecule has 0 bridgehead atoms. The summed E-state index contributed by atoms with van der Waals surface area (Å²) in [7, 11) is 0. The van der Waals surface area contributed by atoms with E-state index in [0.29, 0.717) is 12.6 Å². The van der Waals surface area contributed by atoms with E-state index in [1.807, 2.05) is 19.9 Å². The van der Waals surface area contributed by atoms with Gasteiger partial charge in [0, 0.05) is 30.9 Å². The van der Waals surface area contributed by atoms with Crippen LogP contribution in [-0.4, -0.2) is 29.1 Å². The molecule has 0 saturated carbocycles. The normalized spacial score (nSPS) is 21.0. The smallest absolute Gasteiger partial charge is 0.132 e. The standard InChI is InChI=1S/C11H18N4/c1-8-6-11(14-9(2)13-8)15-5-3-4-10(15)7-12/h6,10H,3-5,7,12H2,1-2H3. The minimum atomic E-state index is 0.457. The number of aromatic nitrogens is 2. The highest BCUT2D eigenvalue weighted by atomic mass is 15.2. The molecule has 0 radical (unpaired) electrons. The lowest BCUT2D eigenvalue weighted by atomic mass is 10.2. The van der Waals surface area contributed by atoms with E-state index in [-0.39, 0.29) is 0 Å². The maximum Gasteiger partial charge on any atom is 0.132 e. The Balaban J connectivity index is 2.28. The first-order valence-corrected chi connectivity index (χ1v) is 5.49. The third-order valence-electron chi connectivity index (χ3n) is 2.90. The minimum Gasteiger partial charge on any atom is -0.352 e. The van der Waals surface area contributed by atoms with Gasteiger partial charge in [-0.3, -0.25) is 0 Å². The van der Waals surface area contributed by atoms with Crippen LogP contribution in [0.15, 0.2) is 6.07 Å². The van der Waals surface area contributed by atoms with Gasteiger partial charge in [-0.25, -0.2) is 9.97 Å². The number of aryl methyl sites for hydroxylation is 2. The second-order valence-corrected chi connectivity index (χ2v) is 4.14. The average molecular weight is 206 g/mol. The maximum atomic E-state index is 5.75. The van der Waals surface area contributed by atoms with Crippen LogP contribution in [0.5, 0.6) is 0 Å². The Morgan fingerprint density at radius 2 is 2.27 bits per heavy atom. The molecule has 4 heteroatoms. The van der Waals surface area contributed by atoms with Crippen LogP contribution in [0, 0.1) is 13.8 Å². The third kappa shape index (κ3) is 2.09. The molecule has 0 spiro atoms. The molecular weight excluding hydrogens is 188 g/mol. The van der Waals surface area contributed by atoms with Crippen molar-refractivity contribution in [3.63, 3.8) is 0 Å². The van der Waals surface area contributed by atoms with E-state index in [1.54, 1.807) is 0 Å². The van der Waals surface area contributed by atoms with Crippen molar-refractivity contribution in [2.75, 3.05) is 18.0 Å². The predicted octanol–water partition coefficient (Wildman–Crippen LogP) is 1.02. The Bertz CT molecular complexity index is 330. The Morgan fingerprint density at radius 3 is 2.93 bits per heavy atom. The van der Waals surface area contributed by atoms with Crippen LogP contribution >= 0.6 is 0 Å². The van der Waals surface area contributed by atoms with E-state index < -0.39 is 0 Å². The molecule has 1 aromatic heterocycles. The SMILES string of the molecule is Cc1cc(N2CCCC2CN)nc(C)n1. The Morgan fingerprint density at radius 1 is 1.47 bits per heavy atom. The van der Waals surface area contributed by atoms with Gasteiger partial charge < -0.3 is 10.6 Å². The molecule has 1 fully saturated rings. The molecule has 1 unspecified atom stereocenters. The van der Waals surface area contributed by atoms with Crippen molar-refractivity contribution in [2.24, 2.45) is 5.73 Å². The van der Waals surface area contributed by atoms with Crippen LogP contribution in [0.25, 0.3) is 0 Å². The van der Waals surface area contributed by atoms with Crippen LogP contribution < -0.4 is 10.6 Å². The molecule has 4 nitrogen and oxygen atoms in total. The van der Waals surface area contributed by atoms with E-state index in [4.69, 9.17) is 5.73 Å².